The molecule has 0 saturated heterocycles. The van der Waals surface area contributed by atoms with Crippen LogP contribution in [0.25, 0.3) is 0 Å². The third kappa shape index (κ3) is 3.76. The molecule has 1 amide bonds. The molecule has 1 heterocycles. The van der Waals surface area contributed by atoms with Gasteiger partial charge in [-0.05, 0) is 31.2 Å². The van der Waals surface area contributed by atoms with E-state index in [2.05, 4.69) is 10.3 Å². The minimum atomic E-state index is -0.578. The molecule has 0 aliphatic heterocycles. The van der Waals surface area contributed by atoms with Crippen molar-refractivity contribution >= 4 is 11.6 Å². The summed E-state index contributed by atoms with van der Waals surface area (Å²) in [4.78, 5) is 15.6. The summed E-state index contributed by atoms with van der Waals surface area (Å²) in [6.07, 6.45) is 2.30. The maximum absolute atomic E-state index is 13.0. The van der Waals surface area contributed by atoms with E-state index in [1.54, 1.807) is 18.2 Å². The van der Waals surface area contributed by atoms with Gasteiger partial charge in [-0.15, -0.1) is 0 Å². The molecule has 110 valence electrons. The Bertz CT molecular complexity index is 647. The van der Waals surface area contributed by atoms with E-state index in [4.69, 9.17) is 4.74 Å². The van der Waals surface area contributed by atoms with Crippen molar-refractivity contribution in [3.63, 3.8) is 0 Å². The first-order valence-electron chi connectivity index (χ1n) is 6.42. The van der Waals surface area contributed by atoms with Crippen molar-refractivity contribution in [2.24, 2.45) is 0 Å². The summed E-state index contributed by atoms with van der Waals surface area (Å²) in [5, 5.41) is 11.9. The number of benzene rings is 1. The number of amides is 1. The van der Waals surface area contributed by atoms with Gasteiger partial charge < -0.3 is 15.2 Å². The normalized spacial score (nSPS) is 10.2. The quantitative estimate of drug-likeness (QED) is 0.886. The third-order valence-corrected chi connectivity index (χ3v) is 2.76. The number of anilines is 1. The summed E-state index contributed by atoms with van der Waals surface area (Å²) in [5.41, 5.74) is 1.17. The number of nitrogens with zero attached hydrogens (tertiary/aromatic N) is 1. The van der Waals surface area contributed by atoms with Crippen molar-refractivity contribution in [1.29, 1.82) is 0 Å². The van der Waals surface area contributed by atoms with Crippen LogP contribution in [0, 0.1) is 5.82 Å². The smallest absolute Gasteiger partial charge is 0.257 e. The number of hydrogen-bond donors (Lipinski definition) is 2. The van der Waals surface area contributed by atoms with Crippen molar-refractivity contribution in [3.8, 4) is 5.75 Å². The maximum Gasteiger partial charge on any atom is 0.257 e. The Balaban J connectivity index is 2.17. The fourth-order valence-corrected chi connectivity index (χ4v) is 1.82. The maximum atomic E-state index is 13.0. The van der Waals surface area contributed by atoms with Gasteiger partial charge in [0.25, 0.3) is 5.91 Å². The number of carbonyl (C=O) groups is 1. The molecule has 0 aliphatic carbocycles. The Morgan fingerprint density at radius 2 is 2.19 bits per heavy atom. The second kappa shape index (κ2) is 6.81. The number of halogens is 1. The van der Waals surface area contributed by atoms with Gasteiger partial charge in [0.2, 0.25) is 0 Å². The molecular weight excluding hydrogens is 275 g/mol. The third-order valence-electron chi connectivity index (χ3n) is 2.76. The van der Waals surface area contributed by atoms with Crippen molar-refractivity contribution in [2.45, 2.75) is 13.5 Å². The monoisotopic (exact) mass is 290 g/mol. The van der Waals surface area contributed by atoms with Gasteiger partial charge in [0.1, 0.15) is 11.6 Å². The SMILES string of the molecule is CCOc1ccc(NC(=O)c2cncc(F)c2)cc1CO. The highest BCUT2D eigenvalue weighted by atomic mass is 19.1. The number of nitrogens with one attached hydrogen (secondary N) is 1. The predicted octanol–water partition coefficient (Wildman–Crippen LogP) is 2.36. The molecule has 6 heteroatoms. The van der Waals surface area contributed by atoms with Crippen LogP contribution < -0.4 is 10.1 Å². The second-order valence-electron chi connectivity index (χ2n) is 4.26. The van der Waals surface area contributed by atoms with Gasteiger partial charge in [-0.3, -0.25) is 9.78 Å². The van der Waals surface area contributed by atoms with Crippen molar-refractivity contribution in [2.75, 3.05) is 11.9 Å². The zero-order valence-corrected chi connectivity index (χ0v) is 11.5. The summed E-state index contributed by atoms with van der Waals surface area (Å²) in [6.45, 7) is 2.11. The Labute approximate surface area is 121 Å². The van der Waals surface area contributed by atoms with Crippen molar-refractivity contribution in [3.05, 3.63) is 53.6 Å². The predicted molar refractivity (Wildman–Crippen MR) is 75.7 cm³/mol. The van der Waals surface area contributed by atoms with Gasteiger partial charge in [-0.25, -0.2) is 4.39 Å². The lowest BCUT2D eigenvalue weighted by Gasteiger charge is -2.11. The topological polar surface area (TPSA) is 71.5 Å². The molecule has 0 fully saturated rings. The molecule has 1 aromatic heterocycles. The summed E-state index contributed by atoms with van der Waals surface area (Å²) in [6, 6.07) is 6.02. The van der Waals surface area contributed by atoms with Gasteiger partial charge in [0, 0.05) is 17.4 Å². The summed E-state index contributed by atoms with van der Waals surface area (Å²) < 4.78 is 18.4. The minimum absolute atomic E-state index is 0.120. The summed E-state index contributed by atoms with van der Waals surface area (Å²) in [5.74, 6) is -0.495. The standard InChI is InChI=1S/C15H15FN2O3/c1-2-21-14-4-3-13(6-11(14)9-19)18-15(20)10-5-12(16)8-17-7-10/h3-8,19H,2,9H2,1H3,(H,18,20). The number of rotatable bonds is 5. The first-order chi connectivity index (χ1) is 10.1. The molecule has 0 aliphatic rings. The second-order valence-corrected chi connectivity index (χ2v) is 4.26. The molecule has 0 spiro atoms. The number of aliphatic hydroxyl groups is 1. The van der Waals surface area contributed by atoms with Crippen molar-refractivity contribution in [1.82, 2.24) is 4.98 Å². The summed E-state index contributed by atoms with van der Waals surface area (Å²) >= 11 is 0. The Morgan fingerprint density at radius 1 is 1.38 bits per heavy atom. The fourth-order valence-electron chi connectivity index (χ4n) is 1.82. The number of aliphatic hydroxyl groups excluding tert-OH is 1. The zero-order chi connectivity index (χ0) is 15.2. The van der Waals surface area contributed by atoms with Crippen LogP contribution in [0.5, 0.6) is 5.75 Å². The molecule has 2 aromatic rings. The lowest BCUT2D eigenvalue weighted by atomic mass is 10.1. The van der Waals surface area contributed by atoms with E-state index in [9.17, 15) is 14.3 Å². The van der Waals surface area contributed by atoms with Crippen LogP contribution in [0.1, 0.15) is 22.8 Å². The van der Waals surface area contributed by atoms with E-state index in [1.807, 2.05) is 6.92 Å². The van der Waals surface area contributed by atoms with Gasteiger partial charge in [-0.1, -0.05) is 0 Å². The molecule has 0 radical (unpaired) electrons. The van der Waals surface area contributed by atoms with Crippen LogP contribution in [0.15, 0.2) is 36.7 Å². The highest BCUT2D eigenvalue weighted by molar-refractivity contribution is 6.04. The molecule has 0 atom stereocenters. The zero-order valence-electron chi connectivity index (χ0n) is 11.5. The van der Waals surface area contributed by atoms with E-state index < -0.39 is 11.7 Å². The average molecular weight is 290 g/mol. The lowest BCUT2D eigenvalue weighted by Crippen LogP contribution is -2.13. The number of aromatic nitrogens is 1. The molecule has 0 bridgehead atoms. The highest BCUT2D eigenvalue weighted by Gasteiger charge is 2.10. The van der Waals surface area contributed by atoms with Crippen LogP contribution in [-0.2, 0) is 6.61 Å². The van der Waals surface area contributed by atoms with Gasteiger partial charge in [0.15, 0.2) is 0 Å². The molecule has 5 nitrogen and oxygen atoms in total. The first-order valence-corrected chi connectivity index (χ1v) is 6.42. The number of hydrogen-bond acceptors (Lipinski definition) is 4. The van der Waals surface area contributed by atoms with Gasteiger partial charge in [0.05, 0.1) is 25.0 Å². The van der Waals surface area contributed by atoms with Crippen LogP contribution >= 0.6 is 0 Å². The van der Waals surface area contributed by atoms with E-state index in [0.29, 0.717) is 23.6 Å². The van der Waals surface area contributed by atoms with Crippen LogP contribution in [0.4, 0.5) is 10.1 Å². The molecule has 2 N–H and O–H groups in total. The van der Waals surface area contributed by atoms with E-state index in [1.165, 1.54) is 6.20 Å². The van der Waals surface area contributed by atoms with Crippen LogP contribution in [0.2, 0.25) is 0 Å². The van der Waals surface area contributed by atoms with Crippen LogP contribution in [0.3, 0.4) is 0 Å². The Kier molecular flexibility index (Phi) is 4.84. The average Bonchev–Trinajstić information content (AvgIpc) is 2.49. The summed E-state index contributed by atoms with van der Waals surface area (Å²) in [7, 11) is 0. The first kappa shape index (κ1) is 14.9. The van der Waals surface area contributed by atoms with Gasteiger partial charge >= 0.3 is 0 Å². The molecule has 1 aromatic carbocycles. The number of pyridine rings is 1. The number of ether oxygens (including phenoxy) is 1. The Hall–Kier alpha value is -2.47. The van der Waals surface area contributed by atoms with E-state index in [-0.39, 0.29) is 12.2 Å². The fraction of sp³-hybridized carbons (Fsp3) is 0.200. The molecule has 21 heavy (non-hydrogen) atoms. The van der Waals surface area contributed by atoms with E-state index >= 15 is 0 Å². The molecule has 2 rings (SSSR count). The van der Waals surface area contributed by atoms with Gasteiger partial charge in [-0.2, -0.15) is 0 Å². The number of carbonyl (C=O) groups excluding carboxylic acids is 1. The molecule has 0 unspecified atom stereocenters. The molecular formula is C15H15FN2O3. The Morgan fingerprint density at radius 3 is 2.86 bits per heavy atom. The van der Waals surface area contributed by atoms with E-state index in [0.717, 1.165) is 12.3 Å². The largest absolute Gasteiger partial charge is 0.494 e. The van der Waals surface area contributed by atoms with Crippen molar-refractivity contribution < 1.29 is 19.0 Å². The highest BCUT2D eigenvalue weighted by Crippen LogP contribution is 2.23. The minimum Gasteiger partial charge on any atom is -0.494 e. The lowest BCUT2D eigenvalue weighted by molar-refractivity contribution is 0.102. The molecule has 0 saturated carbocycles. The van der Waals surface area contributed by atoms with Crippen LogP contribution in [-0.4, -0.2) is 22.6 Å².